The summed E-state index contributed by atoms with van der Waals surface area (Å²) in [6.07, 6.45) is 6.42. The Balaban J connectivity index is 1.80. The Morgan fingerprint density at radius 3 is 2.73 bits per heavy atom. The molecule has 0 saturated heterocycles. The lowest BCUT2D eigenvalue weighted by molar-refractivity contribution is 0.566. The molecule has 1 aromatic rings. The Kier molecular flexibility index (Phi) is 2.08. The summed E-state index contributed by atoms with van der Waals surface area (Å²) in [7, 11) is 2.02. The van der Waals surface area contributed by atoms with Crippen LogP contribution >= 0.6 is 0 Å². The van der Waals surface area contributed by atoms with Crippen molar-refractivity contribution in [2.24, 2.45) is 24.8 Å². The van der Waals surface area contributed by atoms with Crippen LogP contribution in [0.1, 0.15) is 37.6 Å². The lowest BCUT2D eigenvalue weighted by Gasteiger charge is -2.07. The van der Waals surface area contributed by atoms with Crippen molar-refractivity contribution < 1.29 is 0 Å². The smallest absolute Gasteiger partial charge is 0.0859 e. The molecule has 2 aliphatic carbocycles. The van der Waals surface area contributed by atoms with Crippen LogP contribution in [0.2, 0.25) is 0 Å². The molecule has 1 aromatic heterocycles. The number of hydrogen-bond acceptors (Lipinski definition) is 2. The highest BCUT2D eigenvalue weighted by Crippen LogP contribution is 2.54. The summed E-state index contributed by atoms with van der Waals surface area (Å²) in [4.78, 5) is 0. The van der Waals surface area contributed by atoms with Crippen LogP contribution in [0.15, 0.2) is 0 Å². The van der Waals surface area contributed by atoms with E-state index in [9.17, 15) is 0 Å². The van der Waals surface area contributed by atoms with Gasteiger partial charge in [0.15, 0.2) is 0 Å². The molecule has 0 bridgehead atoms. The second-order valence-electron chi connectivity index (χ2n) is 5.08. The SMILES string of the molecule is CC[C@H]1[C@H]2CCc3c(nnn3C)CC[C@@H]12. The Hall–Kier alpha value is -0.860. The molecule has 0 spiro atoms. The van der Waals surface area contributed by atoms with Crippen molar-refractivity contribution >= 4 is 0 Å². The second kappa shape index (κ2) is 3.32. The molecule has 2 aliphatic rings. The number of fused-ring (bicyclic) bond motifs is 2. The molecule has 15 heavy (non-hydrogen) atoms. The first-order valence-corrected chi connectivity index (χ1v) is 6.18. The third kappa shape index (κ3) is 1.40. The van der Waals surface area contributed by atoms with Gasteiger partial charge in [-0.25, -0.2) is 0 Å². The van der Waals surface area contributed by atoms with E-state index in [1.165, 1.54) is 37.1 Å². The first-order chi connectivity index (χ1) is 7.31. The third-order valence-corrected chi connectivity index (χ3v) is 4.43. The zero-order valence-corrected chi connectivity index (χ0v) is 9.61. The molecule has 3 heteroatoms. The number of rotatable bonds is 1. The summed E-state index contributed by atoms with van der Waals surface area (Å²) in [5, 5.41) is 8.40. The minimum absolute atomic E-state index is 1.00. The molecule has 1 fully saturated rings. The summed E-state index contributed by atoms with van der Waals surface area (Å²) in [5.41, 5.74) is 2.65. The fraction of sp³-hybridized carbons (Fsp3) is 0.833. The van der Waals surface area contributed by atoms with Crippen molar-refractivity contribution in [3.8, 4) is 0 Å². The standard InChI is InChI=1S/C12H19N3/c1-3-8-9-4-6-11-12(7-5-10(8)9)15(2)14-13-11/h8-10H,3-7H2,1-2H3/t8-,9+,10-/m1/s1. The van der Waals surface area contributed by atoms with Gasteiger partial charge in [-0.15, -0.1) is 5.10 Å². The number of hydrogen-bond donors (Lipinski definition) is 0. The van der Waals surface area contributed by atoms with Gasteiger partial charge in [0.1, 0.15) is 0 Å². The highest BCUT2D eigenvalue weighted by atomic mass is 15.4. The molecule has 0 N–H and O–H groups in total. The topological polar surface area (TPSA) is 30.7 Å². The van der Waals surface area contributed by atoms with Crippen molar-refractivity contribution in [2.75, 3.05) is 0 Å². The van der Waals surface area contributed by atoms with Crippen LogP contribution in [0.4, 0.5) is 0 Å². The van der Waals surface area contributed by atoms with E-state index in [1.54, 1.807) is 0 Å². The van der Waals surface area contributed by atoms with Crippen LogP contribution in [0.5, 0.6) is 0 Å². The molecule has 3 nitrogen and oxygen atoms in total. The van der Waals surface area contributed by atoms with E-state index >= 15 is 0 Å². The molecule has 3 rings (SSSR count). The monoisotopic (exact) mass is 205 g/mol. The summed E-state index contributed by atoms with van der Waals surface area (Å²) in [6, 6.07) is 0. The van der Waals surface area contributed by atoms with Crippen LogP contribution in [-0.2, 0) is 19.9 Å². The van der Waals surface area contributed by atoms with Gasteiger partial charge in [-0.3, -0.25) is 4.68 Å². The fourth-order valence-corrected chi connectivity index (χ4v) is 3.51. The molecule has 0 aromatic carbocycles. The summed E-state index contributed by atoms with van der Waals surface area (Å²) >= 11 is 0. The van der Waals surface area contributed by atoms with E-state index in [2.05, 4.69) is 17.2 Å². The van der Waals surface area contributed by atoms with Crippen LogP contribution in [0.3, 0.4) is 0 Å². The van der Waals surface area contributed by atoms with Gasteiger partial charge in [-0.1, -0.05) is 18.6 Å². The van der Waals surface area contributed by atoms with Crippen LogP contribution < -0.4 is 0 Å². The normalized spacial score (nSPS) is 33.9. The predicted molar refractivity (Wildman–Crippen MR) is 58.4 cm³/mol. The molecule has 1 saturated carbocycles. The van der Waals surface area contributed by atoms with Gasteiger partial charge in [-0.2, -0.15) is 0 Å². The Morgan fingerprint density at radius 1 is 1.27 bits per heavy atom. The van der Waals surface area contributed by atoms with Crippen molar-refractivity contribution in [1.82, 2.24) is 15.0 Å². The molecule has 0 radical (unpaired) electrons. The van der Waals surface area contributed by atoms with Crippen molar-refractivity contribution in [1.29, 1.82) is 0 Å². The molecule has 1 heterocycles. The van der Waals surface area contributed by atoms with Gasteiger partial charge in [0.2, 0.25) is 0 Å². The molecule has 0 unspecified atom stereocenters. The van der Waals surface area contributed by atoms with E-state index in [-0.39, 0.29) is 0 Å². The quantitative estimate of drug-likeness (QED) is 0.701. The molecule has 3 atom stereocenters. The molecular formula is C12H19N3. The second-order valence-corrected chi connectivity index (χ2v) is 5.08. The lowest BCUT2D eigenvalue weighted by atomic mass is 10.0. The van der Waals surface area contributed by atoms with Gasteiger partial charge in [0.05, 0.1) is 11.4 Å². The van der Waals surface area contributed by atoms with Gasteiger partial charge in [0.25, 0.3) is 0 Å². The first kappa shape index (κ1) is 9.37. The molecular weight excluding hydrogens is 186 g/mol. The van der Waals surface area contributed by atoms with Gasteiger partial charge < -0.3 is 0 Å². The lowest BCUT2D eigenvalue weighted by Crippen LogP contribution is -2.04. The molecule has 0 aliphatic heterocycles. The third-order valence-electron chi connectivity index (χ3n) is 4.43. The van der Waals surface area contributed by atoms with Gasteiger partial charge in [0, 0.05) is 7.05 Å². The first-order valence-electron chi connectivity index (χ1n) is 6.18. The maximum absolute atomic E-state index is 4.27. The summed E-state index contributed by atoms with van der Waals surface area (Å²) in [5.74, 6) is 3.04. The van der Waals surface area contributed by atoms with Crippen LogP contribution in [-0.4, -0.2) is 15.0 Å². The Morgan fingerprint density at radius 2 is 2.00 bits per heavy atom. The summed E-state index contributed by atoms with van der Waals surface area (Å²) < 4.78 is 1.97. The Labute approximate surface area is 90.9 Å². The van der Waals surface area contributed by atoms with Gasteiger partial charge in [-0.05, 0) is 43.4 Å². The average molecular weight is 205 g/mol. The van der Waals surface area contributed by atoms with E-state index < -0.39 is 0 Å². The molecule has 82 valence electrons. The zero-order chi connectivity index (χ0) is 10.4. The molecule has 0 amide bonds. The maximum Gasteiger partial charge on any atom is 0.0859 e. The van der Waals surface area contributed by atoms with Crippen LogP contribution in [0, 0.1) is 17.8 Å². The van der Waals surface area contributed by atoms with E-state index in [0.717, 1.165) is 24.2 Å². The fourth-order valence-electron chi connectivity index (χ4n) is 3.51. The van der Waals surface area contributed by atoms with Crippen LogP contribution in [0.25, 0.3) is 0 Å². The largest absolute Gasteiger partial charge is 0.252 e. The highest BCUT2D eigenvalue weighted by Gasteiger charge is 2.48. The predicted octanol–water partition coefficient (Wildman–Crippen LogP) is 1.97. The van der Waals surface area contributed by atoms with Gasteiger partial charge >= 0.3 is 0 Å². The number of nitrogens with zero attached hydrogens (tertiary/aromatic N) is 3. The van der Waals surface area contributed by atoms with E-state index in [1.807, 2.05) is 11.7 Å². The number of aryl methyl sites for hydroxylation is 2. The zero-order valence-electron chi connectivity index (χ0n) is 9.61. The summed E-state index contributed by atoms with van der Waals surface area (Å²) in [6.45, 7) is 2.34. The van der Waals surface area contributed by atoms with Crippen molar-refractivity contribution in [3.05, 3.63) is 11.4 Å². The number of aromatic nitrogens is 3. The average Bonchev–Trinajstić information content (AvgIpc) is 2.76. The van der Waals surface area contributed by atoms with Crippen molar-refractivity contribution in [3.63, 3.8) is 0 Å². The highest BCUT2D eigenvalue weighted by molar-refractivity contribution is 5.14. The maximum atomic E-state index is 4.27. The van der Waals surface area contributed by atoms with E-state index in [4.69, 9.17) is 0 Å². The van der Waals surface area contributed by atoms with E-state index in [0.29, 0.717) is 0 Å². The minimum atomic E-state index is 1.00. The van der Waals surface area contributed by atoms with Crippen molar-refractivity contribution in [2.45, 2.75) is 39.0 Å². The Bertz CT molecular complexity index is 369. The minimum Gasteiger partial charge on any atom is -0.252 e.